The van der Waals surface area contributed by atoms with E-state index in [2.05, 4.69) is 65.3 Å². The molecule has 3 rings (SSSR count). The Morgan fingerprint density at radius 1 is 1.18 bits per heavy atom. The topological polar surface area (TPSA) is 9.23 Å². The molecule has 1 aliphatic rings. The molecule has 1 nitrogen and oxygen atoms in total. The van der Waals surface area contributed by atoms with E-state index in [1.807, 2.05) is 6.07 Å². The van der Waals surface area contributed by atoms with Gasteiger partial charge in [0.1, 0.15) is 11.9 Å². The van der Waals surface area contributed by atoms with Crippen molar-refractivity contribution in [2.75, 3.05) is 0 Å². The summed E-state index contributed by atoms with van der Waals surface area (Å²) < 4.78 is 7.14. The Bertz CT molecular complexity index is 569. The first kappa shape index (κ1) is 17.3. The van der Waals surface area contributed by atoms with E-state index in [0.717, 1.165) is 23.1 Å². The summed E-state index contributed by atoms with van der Waals surface area (Å²) in [6, 6.07) is 18.2. The van der Waals surface area contributed by atoms with Crippen LogP contribution in [0.4, 0.5) is 0 Å². The third-order valence-electron chi connectivity index (χ3n) is 3.85. The second-order valence-corrected chi connectivity index (χ2v) is 7.58. The van der Waals surface area contributed by atoms with Gasteiger partial charge in [-0.25, -0.2) is 0 Å². The van der Waals surface area contributed by atoms with E-state index in [4.69, 9.17) is 4.74 Å². The maximum absolute atomic E-state index is 6.07. The summed E-state index contributed by atoms with van der Waals surface area (Å²) in [4.78, 5) is 0. The Kier molecular flexibility index (Phi) is 7.20. The Morgan fingerprint density at radius 2 is 1.95 bits per heavy atom. The van der Waals surface area contributed by atoms with E-state index in [0.29, 0.717) is 0 Å². The molecular formula is C19H25BrOSi. The predicted molar refractivity (Wildman–Crippen MR) is 102 cm³/mol. The van der Waals surface area contributed by atoms with Crippen molar-refractivity contribution >= 4 is 26.2 Å². The second kappa shape index (κ2) is 9.16. The summed E-state index contributed by atoms with van der Waals surface area (Å²) >= 11 is 3.49. The van der Waals surface area contributed by atoms with E-state index in [-0.39, 0.29) is 6.10 Å². The number of fused-ring (bicyclic) bond motifs is 1. The molecule has 2 aromatic rings. The molecule has 1 heterocycles. The number of hydrogen-bond donors (Lipinski definition) is 0. The van der Waals surface area contributed by atoms with E-state index in [1.165, 1.54) is 40.3 Å². The molecule has 1 unspecified atom stereocenters. The minimum Gasteiger partial charge on any atom is -0.485 e. The number of aryl methyl sites for hydroxylation is 1. The number of halogens is 1. The van der Waals surface area contributed by atoms with Crippen molar-refractivity contribution in [2.45, 2.75) is 44.8 Å². The van der Waals surface area contributed by atoms with Crippen LogP contribution in [0.5, 0.6) is 5.75 Å². The van der Waals surface area contributed by atoms with Crippen LogP contribution in [0, 0.1) is 0 Å². The van der Waals surface area contributed by atoms with E-state index >= 15 is 0 Å². The maximum Gasteiger partial charge on any atom is 0.124 e. The lowest BCUT2D eigenvalue weighted by Crippen LogP contribution is -2.14. The second-order valence-electron chi connectivity index (χ2n) is 5.66. The van der Waals surface area contributed by atoms with Gasteiger partial charge in [0.2, 0.25) is 0 Å². The van der Waals surface area contributed by atoms with Crippen molar-refractivity contribution in [1.82, 2.24) is 0 Å². The number of benzene rings is 2. The van der Waals surface area contributed by atoms with Crippen LogP contribution in [0.15, 0.2) is 53.0 Å². The molecule has 0 fully saturated rings. The number of unbranched alkanes of at least 4 members (excludes halogenated alkanes) is 1. The zero-order valence-electron chi connectivity index (χ0n) is 13.5. The first-order chi connectivity index (χ1) is 10.7. The van der Waals surface area contributed by atoms with Gasteiger partial charge >= 0.3 is 0 Å². The van der Waals surface area contributed by atoms with Crippen molar-refractivity contribution in [3.63, 3.8) is 0 Å². The lowest BCUT2D eigenvalue weighted by Gasteiger charge is -2.26. The summed E-state index contributed by atoms with van der Waals surface area (Å²) in [5.74, 6) is 1.01. The largest absolute Gasteiger partial charge is 0.485 e. The molecule has 0 aliphatic carbocycles. The Labute approximate surface area is 145 Å². The highest BCUT2D eigenvalue weighted by molar-refractivity contribution is 9.10. The summed E-state index contributed by atoms with van der Waals surface area (Å²) in [5.41, 5.74) is 2.57. The molecule has 0 spiro atoms. The third-order valence-corrected chi connectivity index (χ3v) is 5.05. The van der Waals surface area contributed by atoms with Gasteiger partial charge in [-0.3, -0.25) is 0 Å². The molecule has 1 aliphatic heterocycles. The highest BCUT2D eigenvalue weighted by Crippen LogP contribution is 2.36. The fraction of sp³-hybridized carbons (Fsp3) is 0.368. The molecule has 0 N–H and O–H groups in total. The average Bonchev–Trinajstić information content (AvgIpc) is 2.56. The molecule has 3 heteroatoms. The lowest BCUT2D eigenvalue weighted by molar-refractivity contribution is 0.176. The molecule has 2 aromatic carbocycles. The van der Waals surface area contributed by atoms with Crippen LogP contribution >= 0.6 is 15.9 Å². The van der Waals surface area contributed by atoms with E-state index in [9.17, 15) is 0 Å². The van der Waals surface area contributed by atoms with Crippen LogP contribution in [0.1, 0.15) is 43.4 Å². The molecule has 0 radical (unpaired) electrons. The molecular weight excluding hydrogens is 352 g/mol. The van der Waals surface area contributed by atoms with Crippen LogP contribution in [-0.4, -0.2) is 10.2 Å². The molecule has 0 bridgehead atoms. The van der Waals surface area contributed by atoms with Gasteiger partial charge in [0.05, 0.1) is 0 Å². The van der Waals surface area contributed by atoms with Gasteiger partial charge in [-0.15, -0.1) is 0 Å². The maximum atomic E-state index is 6.07. The highest BCUT2D eigenvalue weighted by atomic mass is 79.9. The Morgan fingerprint density at radius 3 is 2.59 bits per heavy atom. The van der Waals surface area contributed by atoms with Gasteiger partial charge in [0, 0.05) is 14.7 Å². The first-order valence-electron chi connectivity index (χ1n) is 8.24. The smallest absolute Gasteiger partial charge is 0.124 e. The fourth-order valence-electron chi connectivity index (χ4n) is 2.60. The molecule has 0 aromatic heterocycles. The van der Waals surface area contributed by atoms with Gasteiger partial charge in [0.15, 0.2) is 0 Å². The summed E-state index contributed by atoms with van der Waals surface area (Å²) in [5, 5.41) is 0. The Balaban J connectivity index is 0.000000309. The minimum atomic E-state index is 0.193. The minimum absolute atomic E-state index is 0.193. The highest BCUT2D eigenvalue weighted by Gasteiger charge is 2.20. The predicted octanol–water partition coefficient (Wildman–Crippen LogP) is 5.09. The fourth-order valence-corrected chi connectivity index (χ4v) is 3.65. The zero-order chi connectivity index (χ0) is 15.8. The van der Waals surface area contributed by atoms with Crippen molar-refractivity contribution in [3.8, 4) is 5.75 Å². The summed E-state index contributed by atoms with van der Waals surface area (Å²) in [6.07, 6.45) is 5.16. The van der Waals surface area contributed by atoms with Gasteiger partial charge in [0.25, 0.3) is 0 Å². The average molecular weight is 377 g/mol. The van der Waals surface area contributed by atoms with Crippen molar-refractivity contribution in [2.24, 2.45) is 0 Å². The van der Waals surface area contributed by atoms with Crippen LogP contribution < -0.4 is 4.74 Å². The van der Waals surface area contributed by atoms with Gasteiger partial charge in [-0.2, -0.15) is 0 Å². The number of hydrogen-bond acceptors (Lipinski definition) is 1. The molecule has 0 saturated heterocycles. The molecule has 1 atom stereocenters. The zero-order valence-corrected chi connectivity index (χ0v) is 17.1. The molecule has 0 amide bonds. The van der Waals surface area contributed by atoms with E-state index in [1.54, 1.807) is 0 Å². The van der Waals surface area contributed by atoms with Gasteiger partial charge in [-0.1, -0.05) is 78.1 Å². The SMILES string of the molecule is Brc1ccc2c(c1)OC(c1ccccc1)CC2.CCCC[SiH3]. The monoisotopic (exact) mass is 376 g/mol. The van der Waals surface area contributed by atoms with Crippen LogP contribution in [0.2, 0.25) is 6.04 Å². The molecule has 0 saturated carbocycles. The number of ether oxygens (including phenoxy) is 1. The van der Waals surface area contributed by atoms with Crippen LogP contribution in [0.3, 0.4) is 0 Å². The van der Waals surface area contributed by atoms with E-state index < -0.39 is 0 Å². The Hall–Kier alpha value is -1.06. The summed E-state index contributed by atoms with van der Waals surface area (Å²) in [6.45, 7) is 2.23. The quantitative estimate of drug-likeness (QED) is 0.678. The van der Waals surface area contributed by atoms with Gasteiger partial charge in [-0.05, 0) is 36.1 Å². The molecule has 118 valence electrons. The first-order valence-corrected chi connectivity index (χ1v) is 10.4. The van der Waals surface area contributed by atoms with Crippen LogP contribution in [0.25, 0.3) is 0 Å². The van der Waals surface area contributed by atoms with Gasteiger partial charge < -0.3 is 4.74 Å². The third kappa shape index (κ3) is 4.99. The van der Waals surface area contributed by atoms with Crippen LogP contribution in [-0.2, 0) is 6.42 Å². The summed E-state index contributed by atoms with van der Waals surface area (Å²) in [7, 11) is 1.40. The van der Waals surface area contributed by atoms with Crippen molar-refractivity contribution < 1.29 is 4.74 Å². The van der Waals surface area contributed by atoms with Crippen molar-refractivity contribution in [3.05, 3.63) is 64.1 Å². The van der Waals surface area contributed by atoms with Crippen molar-refractivity contribution in [1.29, 1.82) is 0 Å². The molecule has 22 heavy (non-hydrogen) atoms. The standard InChI is InChI=1S/C15H13BrO.C4H12Si/c16-13-8-6-12-7-9-14(17-15(12)10-13)11-4-2-1-3-5-11;1-2-3-4-5/h1-6,8,10,14H,7,9H2;2-4H2,1,5H3. The number of rotatable bonds is 3. The lowest BCUT2D eigenvalue weighted by atomic mass is 9.98. The normalized spacial score (nSPS) is 16.2.